The van der Waals surface area contributed by atoms with Crippen molar-refractivity contribution in [2.75, 3.05) is 21.3 Å². The van der Waals surface area contributed by atoms with E-state index in [1.165, 1.54) is 0 Å². The molecule has 0 fully saturated rings. The standard InChI is InChI=1S/C26H27NO4/c1-29-23-16-22(17-24(30-2)26(23)31-3)14-15-25(28)27(18-20-10-6-4-7-11-20)19-21-12-8-5-9-13-21/h4-17H,18-19H2,1-3H3/b15-14+. The number of ether oxygens (including phenoxy) is 3. The molecule has 3 aromatic rings. The topological polar surface area (TPSA) is 48.0 Å². The van der Waals surface area contributed by atoms with Crippen molar-refractivity contribution in [3.05, 3.63) is 95.6 Å². The predicted molar refractivity (Wildman–Crippen MR) is 122 cm³/mol. The summed E-state index contributed by atoms with van der Waals surface area (Å²) in [4.78, 5) is 14.9. The lowest BCUT2D eigenvalue weighted by Gasteiger charge is -2.22. The van der Waals surface area contributed by atoms with Gasteiger partial charge in [-0.25, -0.2) is 0 Å². The van der Waals surface area contributed by atoms with E-state index < -0.39 is 0 Å². The van der Waals surface area contributed by atoms with Crippen molar-refractivity contribution in [2.24, 2.45) is 0 Å². The van der Waals surface area contributed by atoms with Gasteiger partial charge in [0.1, 0.15) is 0 Å². The van der Waals surface area contributed by atoms with E-state index in [-0.39, 0.29) is 5.91 Å². The van der Waals surface area contributed by atoms with Crippen LogP contribution in [-0.4, -0.2) is 32.1 Å². The molecule has 0 radical (unpaired) electrons. The molecule has 0 spiro atoms. The number of hydrogen-bond donors (Lipinski definition) is 0. The van der Waals surface area contributed by atoms with Gasteiger partial charge in [0.2, 0.25) is 11.7 Å². The molecule has 0 heterocycles. The minimum absolute atomic E-state index is 0.0820. The van der Waals surface area contributed by atoms with Crippen molar-refractivity contribution in [1.29, 1.82) is 0 Å². The monoisotopic (exact) mass is 417 g/mol. The van der Waals surface area contributed by atoms with Crippen molar-refractivity contribution >= 4 is 12.0 Å². The lowest BCUT2D eigenvalue weighted by molar-refractivity contribution is -0.127. The Morgan fingerprint density at radius 3 is 1.68 bits per heavy atom. The Labute approximate surface area is 183 Å². The van der Waals surface area contributed by atoms with E-state index in [1.54, 1.807) is 33.5 Å². The molecule has 160 valence electrons. The molecule has 0 atom stereocenters. The molecule has 5 nitrogen and oxygen atoms in total. The van der Waals surface area contributed by atoms with Gasteiger partial charge in [-0.2, -0.15) is 0 Å². The molecule has 1 amide bonds. The highest BCUT2D eigenvalue weighted by Gasteiger charge is 2.14. The summed E-state index contributed by atoms with van der Waals surface area (Å²) < 4.78 is 16.2. The van der Waals surface area contributed by atoms with Crippen LogP contribution in [0.15, 0.2) is 78.9 Å². The van der Waals surface area contributed by atoms with Crippen LogP contribution in [0, 0.1) is 0 Å². The van der Waals surface area contributed by atoms with Crippen LogP contribution in [0.25, 0.3) is 6.08 Å². The quantitative estimate of drug-likeness (QED) is 0.462. The van der Waals surface area contributed by atoms with E-state index in [0.29, 0.717) is 30.3 Å². The highest BCUT2D eigenvalue weighted by molar-refractivity contribution is 5.92. The van der Waals surface area contributed by atoms with Gasteiger partial charge in [0, 0.05) is 19.2 Å². The summed E-state index contributed by atoms with van der Waals surface area (Å²) in [6.45, 7) is 1.04. The molecule has 0 bridgehead atoms. The Balaban J connectivity index is 1.84. The molecule has 0 saturated carbocycles. The molecule has 0 aliphatic rings. The number of hydrogen-bond acceptors (Lipinski definition) is 4. The summed E-state index contributed by atoms with van der Waals surface area (Å²) in [5.41, 5.74) is 2.93. The second kappa shape index (κ2) is 10.9. The minimum atomic E-state index is -0.0820. The summed E-state index contributed by atoms with van der Waals surface area (Å²) >= 11 is 0. The molecular weight excluding hydrogens is 390 g/mol. The summed E-state index contributed by atoms with van der Waals surface area (Å²) in [5, 5.41) is 0. The van der Waals surface area contributed by atoms with E-state index in [2.05, 4.69) is 0 Å². The molecule has 0 aliphatic carbocycles. The van der Waals surface area contributed by atoms with E-state index in [0.717, 1.165) is 16.7 Å². The first-order valence-electron chi connectivity index (χ1n) is 9.99. The Bertz CT molecular complexity index is 950. The highest BCUT2D eigenvalue weighted by Crippen LogP contribution is 2.38. The lowest BCUT2D eigenvalue weighted by Crippen LogP contribution is -2.28. The number of benzene rings is 3. The van der Waals surface area contributed by atoms with Crippen LogP contribution in [-0.2, 0) is 17.9 Å². The largest absolute Gasteiger partial charge is 0.493 e. The SMILES string of the molecule is COc1cc(/C=C/C(=O)N(Cc2ccccc2)Cc2ccccc2)cc(OC)c1OC. The zero-order valence-electron chi connectivity index (χ0n) is 18.1. The summed E-state index contributed by atoms with van der Waals surface area (Å²) in [5.74, 6) is 1.52. The molecule has 0 saturated heterocycles. The lowest BCUT2D eigenvalue weighted by atomic mass is 10.1. The zero-order valence-corrected chi connectivity index (χ0v) is 18.1. The Kier molecular flexibility index (Phi) is 7.71. The van der Waals surface area contributed by atoms with Gasteiger partial charge < -0.3 is 19.1 Å². The molecule has 3 rings (SSSR count). The average molecular weight is 418 g/mol. The van der Waals surface area contributed by atoms with Gasteiger partial charge in [-0.05, 0) is 34.9 Å². The van der Waals surface area contributed by atoms with Crippen LogP contribution >= 0.6 is 0 Å². The van der Waals surface area contributed by atoms with Crippen LogP contribution in [0.2, 0.25) is 0 Å². The number of nitrogens with zero attached hydrogens (tertiary/aromatic N) is 1. The van der Waals surface area contributed by atoms with Crippen LogP contribution in [0.3, 0.4) is 0 Å². The molecule has 0 unspecified atom stereocenters. The molecule has 3 aromatic carbocycles. The van der Waals surface area contributed by atoms with Crippen LogP contribution < -0.4 is 14.2 Å². The Morgan fingerprint density at radius 2 is 1.26 bits per heavy atom. The normalized spacial score (nSPS) is 10.7. The van der Waals surface area contributed by atoms with Crippen molar-refractivity contribution < 1.29 is 19.0 Å². The second-order valence-electron chi connectivity index (χ2n) is 6.96. The maximum absolute atomic E-state index is 13.1. The van der Waals surface area contributed by atoms with Crippen LogP contribution in [0.1, 0.15) is 16.7 Å². The van der Waals surface area contributed by atoms with Crippen LogP contribution in [0.5, 0.6) is 17.2 Å². The third-order valence-corrected chi connectivity index (χ3v) is 4.85. The number of carbonyl (C=O) groups excluding carboxylic acids is 1. The van der Waals surface area contributed by atoms with E-state index in [4.69, 9.17) is 14.2 Å². The molecule has 5 heteroatoms. The number of rotatable bonds is 9. The number of carbonyl (C=O) groups is 1. The summed E-state index contributed by atoms with van der Waals surface area (Å²) in [7, 11) is 4.69. The molecule has 0 N–H and O–H groups in total. The zero-order chi connectivity index (χ0) is 22.1. The van der Waals surface area contributed by atoms with Crippen molar-refractivity contribution in [2.45, 2.75) is 13.1 Å². The van der Waals surface area contributed by atoms with Crippen LogP contribution in [0.4, 0.5) is 0 Å². The minimum Gasteiger partial charge on any atom is -0.493 e. The molecule has 0 aliphatic heterocycles. The third kappa shape index (κ3) is 5.89. The van der Waals surface area contributed by atoms with E-state index in [1.807, 2.05) is 77.7 Å². The van der Waals surface area contributed by atoms with E-state index >= 15 is 0 Å². The van der Waals surface area contributed by atoms with Gasteiger partial charge in [0.05, 0.1) is 21.3 Å². The Morgan fingerprint density at radius 1 is 0.774 bits per heavy atom. The average Bonchev–Trinajstić information content (AvgIpc) is 2.82. The third-order valence-electron chi connectivity index (χ3n) is 4.85. The maximum Gasteiger partial charge on any atom is 0.247 e. The van der Waals surface area contributed by atoms with Gasteiger partial charge in [-0.3, -0.25) is 4.79 Å². The van der Waals surface area contributed by atoms with Crippen molar-refractivity contribution in [3.63, 3.8) is 0 Å². The number of methoxy groups -OCH3 is 3. The summed E-state index contributed by atoms with van der Waals surface area (Å²) in [6.07, 6.45) is 3.34. The fraction of sp³-hybridized carbons (Fsp3) is 0.192. The van der Waals surface area contributed by atoms with Gasteiger partial charge >= 0.3 is 0 Å². The van der Waals surface area contributed by atoms with Gasteiger partial charge in [-0.15, -0.1) is 0 Å². The molecule has 31 heavy (non-hydrogen) atoms. The first kappa shape index (κ1) is 22.0. The fourth-order valence-electron chi connectivity index (χ4n) is 3.29. The smallest absolute Gasteiger partial charge is 0.247 e. The first-order chi connectivity index (χ1) is 15.1. The molecular formula is C26H27NO4. The van der Waals surface area contributed by atoms with Crippen molar-refractivity contribution in [3.8, 4) is 17.2 Å². The van der Waals surface area contributed by atoms with Crippen molar-refractivity contribution in [1.82, 2.24) is 4.90 Å². The number of amides is 1. The van der Waals surface area contributed by atoms with Gasteiger partial charge in [0.15, 0.2) is 11.5 Å². The van der Waals surface area contributed by atoms with Gasteiger partial charge in [-0.1, -0.05) is 60.7 Å². The van der Waals surface area contributed by atoms with E-state index in [9.17, 15) is 4.79 Å². The highest BCUT2D eigenvalue weighted by atomic mass is 16.5. The second-order valence-corrected chi connectivity index (χ2v) is 6.96. The Hall–Kier alpha value is -3.73. The molecule has 0 aromatic heterocycles. The maximum atomic E-state index is 13.1. The summed E-state index contributed by atoms with van der Waals surface area (Å²) in [6, 6.07) is 23.6. The van der Waals surface area contributed by atoms with Gasteiger partial charge in [0.25, 0.3) is 0 Å². The fourth-order valence-corrected chi connectivity index (χ4v) is 3.29. The first-order valence-corrected chi connectivity index (χ1v) is 9.99. The predicted octanol–water partition coefficient (Wildman–Crippen LogP) is 4.95.